The van der Waals surface area contributed by atoms with E-state index in [4.69, 9.17) is 0 Å². The fourth-order valence-corrected chi connectivity index (χ4v) is 3.74. The van der Waals surface area contributed by atoms with Crippen LogP contribution in [-0.2, 0) is 16.6 Å². The molecule has 0 radical (unpaired) electrons. The second-order valence-electron chi connectivity index (χ2n) is 5.35. The molecular weight excluding hydrogens is 284 g/mol. The van der Waals surface area contributed by atoms with Gasteiger partial charge in [0.25, 0.3) is 0 Å². The smallest absolute Gasteiger partial charge is 0.243 e. The van der Waals surface area contributed by atoms with Crippen LogP contribution in [-0.4, -0.2) is 32.9 Å². The van der Waals surface area contributed by atoms with Crippen molar-refractivity contribution in [2.45, 2.75) is 51.5 Å². The van der Waals surface area contributed by atoms with Crippen molar-refractivity contribution in [2.24, 2.45) is 0 Å². The van der Waals surface area contributed by atoms with Crippen LogP contribution in [0, 0.1) is 6.92 Å². The predicted molar refractivity (Wildman–Crippen MR) is 87.9 cm³/mol. The summed E-state index contributed by atoms with van der Waals surface area (Å²) in [6.07, 6.45) is 3.05. The van der Waals surface area contributed by atoms with Gasteiger partial charge in [-0.05, 0) is 37.1 Å². The molecule has 0 saturated carbocycles. The van der Waals surface area contributed by atoms with Gasteiger partial charge in [0.05, 0.1) is 4.90 Å². The zero-order valence-electron chi connectivity index (χ0n) is 13.6. The van der Waals surface area contributed by atoms with Crippen LogP contribution in [0.3, 0.4) is 0 Å². The maximum Gasteiger partial charge on any atom is 0.243 e. The summed E-state index contributed by atoms with van der Waals surface area (Å²) in [6, 6.07) is 5.51. The Morgan fingerprint density at radius 2 is 1.90 bits per heavy atom. The van der Waals surface area contributed by atoms with Gasteiger partial charge in [-0.3, -0.25) is 0 Å². The highest BCUT2D eigenvalue weighted by Gasteiger charge is 2.23. The molecule has 0 unspecified atom stereocenters. The van der Waals surface area contributed by atoms with Crippen LogP contribution in [0.2, 0.25) is 0 Å². The first-order chi connectivity index (χ1) is 9.95. The van der Waals surface area contributed by atoms with E-state index in [1.165, 1.54) is 4.31 Å². The number of hydrogen-bond acceptors (Lipinski definition) is 3. The second-order valence-corrected chi connectivity index (χ2v) is 7.37. The molecule has 5 heteroatoms. The summed E-state index contributed by atoms with van der Waals surface area (Å²) in [5, 5.41) is 3.25. The minimum atomic E-state index is -3.39. The van der Waals surface area contributed by atoms with Crippen molar-refractivity contribution in [2.75, 3.05) is 20.1 Å². The normalized spacial score (nSPS) is 12.0. The minimum absolute atomic E-state index is 0.428. The van der Waals surface area contributed by atoms with Crippen molar-refractivity contribution in [1.29, 1.82) is 0 Å². The summed E-state index contributed by atoms with van der Waals surface area (Å²) in [5.41, 5.74) is 1.89. The van der Waals surface area contributed by atoms with E-state index in [1.54, 1.807) is 13.1 Å². The highest BCUT2D eigenvalue weighted by Crippen LogP contribution is 2.22. The fraction of sp³-hybridized carbons (Fsp3) is 0.625. The van der Waals surface area contributed by atoms with Crippen LogP contribution in [0.1, 0.15) is 44.2 Å². The zero-order chi connectivity index (χ0) is 15.9. The number of rotatable bonds is 9. The average Bonchev–Trinajstić information content (AvgIpc) is 2.46. The van der Waals surface area contributed by atoms with E-state index in [1.807, 2.05) is 26.0 Å². The lowest BCUT2D eigenvalue weighted by molar-refractivity contribution is 0.454. The average molecular weight is 312 g/mol. The molecule has 1 aromatic rings. The van der Waals surface area contributed by atoms with Gasteiger partial charge in [-0.25, -0.2) is 12.7 Å². The first kappa shape index (κ1) is 18.1. The number of hydrogen-bond donors (Lipinski definition) is 1. The Bertz CT molecular complexity index is 541. The summed E-state index contributed by atoms with van der Waals surface area (Å²) in [7, 11) is -1.72. The first-order valence-corrected chi connectivity index (χ1v) is 9.14. The van der Waals surface area contributed by atoms with E-state index in [2.05, 4.69) is 12.2 Å². The quantitative estimate of drug-likeness (QED) is 0.713. The van der Waals surface area contributed by atoms with Crippen molar-refractivity contribution in [3.63, 3.8) is 0 Å². The second kappa shape index (κ2) is 8.51. The lowest BCUT2D eigenvalue weighted by Gasteiger charge is -2.19. The molecule has 0 spiro atoms. The molecule has 4 nitrogen and oxygen atoms in total. The molecule has 1 aromatic carbocycles. The van der Waals surface area contributed by atoms with E-state index in [9.17, 15) is 8.42 Å². The monoisotopic (exact) mass is 312 g/mol. The predicted octanol–water partition coefficient (Wildman–Crippen LogP) is 2.92. The number of benzene rings is 1. The molecule has 0 aromatic heterocycles. The third-order valence-corrected chi connectivity index (χ3v) is 5.73. The SMILES string of the molecule is CCCCCN(C)S(=O)(=O)c1cccc(CNCC)c1C. The molecule has 0 atom stereocenters. The van der Waals surface area contributed by atoms with E-state index in [-0.39, 0.29) is 0 Å². The molecule has 120 valence electrons. The molecule has 0 heterocycles. The maximum absolute atomic E-state index is 12.7. The summed E-state index contributed by atoms with van der Waals surface area (Å²) in [6.45, 7) is 8.19. The third kappa shape index (κ3) is 4.80. The molecule has 0 bridgehead atoms. The highest BCUT2D eigenvalue weighted by atomic mass is 32.2. The molecule has 1 N–H and O–H groups in total. The molecule has 0 saturated heterocycles. The van der Waals surface area contributed by atoms with Gasteiger partial charge < -0.3 is 5.32 Å². The first-order valence-electron chi connectivity index (χ1n) is 7.70. The van der Waals surface area contributed by atoms with E-state index in [0.29, 0.717) is 18.0 Å². The Labute approximate surface area is 129 Å². The molecule has 21 heavy (non-hydrogen) atoms. The van der Waals surface area contributed by atoms with Gasteiger partial charge in [-0.15, -0.1) is 0 Å². The topological polar surface area (TPSA) is 49.4 Å². The molecule has 0 amide bonds. The Morgan fingerprint density at radius 1 is 1.19 bits per heavy atom. The van der Waals surface area contributed by atoms with Gasteiger partial charge >= 0.3 is 0 Å². The summed E-state index contributed by atoms with van der Waals surface area (Å²) in [4.78, 5) is 0.428. The molecular formula is C16H28N2O2S. The van der Waals surface area contributed by atoms with Crippen LogP contribution in [0.25, 0.3) is 0 Å². The largest absolute Gasteiger partial charge is 0.313 e. The number of nitrogens with zero attached hydrogens (tertiary/aromatic N) is 1. The van der Waals surface area contributed by atoms with Gasteiger partial charge in [0.2, 0.25) is 10.0 Å². The lowest BCUT2D eigenvalue weighted by atomic mass is 10.1. The molecule has 0 fully saturated rings. The Morgan fingerprint density at radius 3 is 2.52 bits per heavy atom. The molecule has 0 aliphatic rings. The van der Waals surface area contributed by atoms with Gasteiger partial charge in [0.1, 0.15) is 0 Å². The maximum atomic E-state index is 12.7. The number of nitrogens with one attached hydrogen (secondary N) is 1. The van der Waals surface area contributed by atoms with Crippen LogP contribution in [0.15, 0.2) is 23.1 Å². The van der Waals surface area contributed by atoms with Gasteiger partial charge in [-0.2, -0.15) is 0 Å². The van der Waals surface area contributed by atoms with Crippen LogP contribution in [0.4, 0.5) is 0 Å². The van der Waals surface area contributed by atoms with E-state index < -0.39 is 10.0 Å². The Balaban J connectivity index is 2.97. The van der Waals surface area contributed by atoms with Crippen molar-refractivity contribution in [3.05, 3.63) is 29.3 Å². The van der Waals surface area contributed by atoms with Crippen molar-refractivity contribution in [3.8, 4) is 0 Å². The van der Waals surface area contributed by atoms with Gasteiger partial charge in [0, 0.05) is 20.1 Å². The highest BCUT2D eigenvalue weighted by molar-refractivity contribution is 7.89. The van der Waals surface area contributed by atoms with Gasteiger partial charge in [0.15, 0.2) is 0 Å². The lowest BCUT2D eigenvalue weighted by Crippen LogP contribution is -2.29. The minimum Gasteiger partial charge on any atom is -0.313 e. The molecule has 0 aliphatic heterocycles. The fourth-order valence-electron chi connectivity index (χ4n) is 2.26. The zero-order valence-corrected chi connectivity index (χ0v) is 14.5. The van der Waals surface area contributed by atoms with Gasteiger partial charge in [-0.1, -0.05) is 38.8 Å². The molecule has 0 aliphatic carbocycles. The van der Waals surface area contributed by atoms with E-state index >= 15 is 0 Å². The summed E-state index contributed by atoms with van der Waals surface area (Å²) >= 11 is 0. The van der Waals surface area contributed by atoms with Crippen molar-refractivity contribution in [1.82, 2.24) is 9.62 Å². The van der Waals surface area contributed by atoms with Crippen LogP contribution in [0.5, 0.6) is 0 Å². The van der Waals surface area contributed by atoms with Crippen LogP contribution < -0.4 is 5.32 Å². The number of sulfonamides is 1. The van der Waals surface area contributed by atoms with Crippen LogP contribution >= 0.6 is 0 Å². The summed E-state index contributed by atoms with van der Waals surface area (Å²) in [5.74, 6) is 0. The number of unbranched alkanes of at least 4 members (excludes halogenated alkanes) is 2. The van der Waals surface area contributed by atoms with Crippen molar-refractivity contribution < 1.29 is 8.42 Å². The Hall–Kier alpha value is -0.910. The van der Waals surface area contributed by atoms with E-state index in [0.717, 1.165) is 36.9 Å². The summed E-state index contributed by atoms with van der Waals surface area (Å²) < 4.78 is 26.8. The standard InChI is InChI=1S/C16H28N2O2S/c1-5-7-8-12-18(4)21(19,20)16-11-9-10-15(14(16)3)13-17-6-2/h9-11,17H,5-8,12-13H2,1-4H3. The van der Waals surface area contributed by atoms with Crippen molar-refractivity contribution >= 4 is 10.0 Å². The molecule has 1 rings (SSSR count). The Kier molecular flexibility index (Phi) is 7.35. The third-order valence-electron chi connectivity index (χ3n) is 3.73.